The third-order valence-electron chi connectivity index (χ3n) is 3.01. The van der Waals surface area contributed by atoms with Gasteiger partial charge in [-0.3, -0.25) is 4.68 Å². The molecule has 0 amide bonds. The normalized spacial score (nSPS) is 12.8. The molecule has 0 aliphatic heterocycles. The number of nitrogens with one attached hydrogen (secondary N) is 1. The fraction of sp³-hybridized carbons (Fsp3) is 0.538. The molecule has 1 unspecified atom stereocenters. The Bertz CT molecular complexity index is 485. The highest BCUT2D eigenvalue weighted by Crippen LogP contribution is 2.03. The molecule has 2 rings (SSSR count). The van der Waals surface area contributed by atoms with E-state index < -0.39 is 0 Å². The second-order valence-electron chi connectivity index (χ2n) is 4.89. The molecule has 0 aliphatic carbocycles. The highest BCUT2D eigenvalue weighted by atomic mass is 15.2. The number of hydrogen-bond donors (Lipinski definition) is 1. The summed E-state index contributed by atoms with van der Waals surface area (Å²) in [7, 11) is 1.94. The van der Waals surface area contributed by atoms with Crippen LogP contribution in [0.2, 0.25) is 0 Å². The van der Waals surface area contributed by atoms with Gasteiger partial charge in [0.2, 0.25) is 0 Å². The van der Waals surface area contributed by atoms with Crippen LogP contribution in [0.5, 0.6) is 0 Å². The molecule has 0 aliphatic rings. The van der Waals surface area contributed by atoms with Gasteiger partial charge in [0.05, 0.1) is 6.20 Å². The second kappa shape index (κ2) is 5.82. The minimum atomic E-state index is 0.578. The van der Waals surface area contributed by atoms with Gasteiger partial charge in [0.1, 0.15) is 5.82 Å². The maximum atomic E-state index is 4.23. The summed E-state index contributed by atoms with van der Waals surface area (Å²) in [4.78, 5) is 4.23. The van der Waals surface area contributed by atoms with E-state index in [1.165, 1.54) is 5.56 Å². The molecule has 2 heterocycles. The molecule has 0 bridgehead atoms. The van der Waals surface area contributed by atoms with E-state index in [1.54, 1.807) is 0 Å². The van der Waals surface area contributed by atoms with Crippen molar-refractivity contribution in [1.82, 2.24) is 24.6 Å². The van der Waals surface area contributed by atoms with Crippen molar-refractivity contribution in [1.29, 1.82) is 0 Å². The lowest BCUT2D eigenvalue weighted by atomic mass is 10.2. The van der Waals surface area contributed by atoms with Gasteiger partial charge in [0.15, 0.2) is 0 Å². The van der Waals surface area contributed by atoms with Crippen LogP contribution < -0.4 is 5.32 Å². The van der Waals surface area contributed by atoms with Crippen molar-refractivity contribution in [3.05, 3.63) is 36.2 Å². The molecular weight excluding hydrogens is 226 g/mol. The van der Waals surface area contributed by atoms with Gasteiger partial charge in [0, 0.05) is 44.3 Å². The predicted molar refractivity (Wildman–Crippen MR) is 71.0 cm³/mol. The van der Waals surface area contributed by atoms with Crippen molar-refractivity contribution in [3.8, 4) is 0 Å². The van der Waals surface area contributed by atoms with Crippen LogP contribution >= 0.6 is 0 Å². The molecule has 0 saturated heterocycles. The first-order valence-corrected chi connectivity index (χ1v) is 6.31. The van der Waals surface area contributed by atoms with Gasteiger partial charge in [-0.1, -0.05) is 6.92 Å². The summed E-state index contributed by atoms with van der Waals surface area (Å²) >= 11 is 0. The van der Waals surface area contributed by atoms with E-state index in [4.69, 9.17) is 0 Å². The third kappa shape index (κ3) is 3.43. The lowest BCUT2D eigenvalue weighted by Crippen LogP contribution is -2.23. The van der Waals surface area contributed by atoms with Crippen molar-refractivity contribution in [2.75, 3.05) is 6.54 Å². The van der Waals surface area contributed by atoms with E-state index in [9.17, 15) is 0 Å². The molecule has 0 spiro atoms. The van der Waals surface area contributed by atoms with Gasteiger partial charge in [0.25, 0.3) is 0 Å². The Hall–Kier alpha value is -1.62. The zero-order valence-corrected chi connectivity index (χ0v) is 11.3. The van der Waals surface area contributed by atoms with Gasteiger partial charge in [-0.05, 0) is 19.4 Å². The van der Waals surface area contributed by atoms with E-state index in [2.05, 4.69) is 26.9 Å². The maximum Gasteiger partial charge on any atom is 0.105 e. The number of aromatic nitrogens is 4. The standard InChI is InChI=1S/C13H21N5/c1-11(9-18-5-4-15-12(18)2)6-14-7-13-8-16-17(3)10-13/h4-5,8,10-11,14H,6-7,9H2,1-3H3. The molecule has 2 aromatic rings. The van der Waals surface area contributed by atoms with Crippen LogP contribution in [-0.2, 0) is 20.1 Å². The number of rotatable bonds is 6. The first-order chi connectivity index (χ1) is 8.65. The first kappa shape index (κ1) is 12.8. The lowest BCUT2D eigenvalue weighted by molar-refractivity contribution is 0.440. The summed E-state index contributed by atoms with van der Waals surface area (Å²) in [6, 6.07) is 0. The lowest BCUT2D eigenvalue weighted by Gasteiger charge is -2.14. The Labute approximate surface area is 108 Å². The van der Waals surface area contributed by atoms with Gasteiger partial charge < -0.3 is 9.88 Å². The van der Waals surface area contributed by atoms with E-state index in [0.717, 1.165) is 25.5 Å². The van der Waals surface area contributed by atoms with Crippen LogP contribution in [0.1, 0.15) is 18.3 Å². The van der Waals surface area contributed by atoms with E-state index in [0.29, 0.717) is 5.92 Å². The first-order valence-electron chi connectivity index (χ1n) is 6.31. The third-order valence-corrected chi connectivity index (χ3v) is 3.01. The van der Waals surface area contributed by atoms with Crippen molar-refractivity contribution in [2.45, 2.75) is 26.9 Å². The van der Waals surface area contributed by atoms with E-state index >= 15 is 0 Å². The number of aryl methyl sites for hydroxylation is 2. The maximum absolute atomic E-state index is 4.23. The Kier molecular flexibility index (Phi) is 4.15. The largest absolute Gasteiger partial charge is 0.335 e. The van der Waals surface area contributed by atoms with Crippen LogP contribution in [0, 0.1) is 12.8 Å². The molecule has 0 aromatic carbocycles. The Morgan fingerprint density at radius 3 is 2.89 bits per heavy atom. The number of nitrogens with zero attached hydrogens (tertiary/aromatic N) is 4. The van der Waals surface area contributed by atoms with Crippen LogP contribution in [0.3, 0.4) is 0 Å². The van der Waals surface area contributed by atoms with E-state index in [-0.39, 0.29) is 0 Å². The molecular formula is C13H21N5. The van der Waals surface area contributed by atoms with Crippen molar-refractivity contribution < 1.29 is 0 Å². The topological polar surface area (TPSA) is 47.7 Å². The molecule has 98 valence electrons. The summed E-state index contributed by atoms with van der Waals surface area (Å²) in [5.41, 5.74) is 1.23. The minimum Gasteiger partial charge on any atom is -0.335 e. The second-order valence-corrected chi connectivity index (χ2v) is 4.89. The molecule has 2 aromatic heterocycles. The molecule has 1 N–H and O–H groups in total. The Morgan fingerprint density at radius 1 is 1.44 bits per heavy atom. The number of imidazole rings is 1. The molecule has 0 radical (unpaired) electrons. The highest BCUT2D eigenvalue weighted by Gasteiger charge is 2.05. The van der Waals surface area contributed by atoms with E-state index in [1.807, 2.05) is 43.4 Å². The smallest absolute Gasteiger partial charge is 0.105 e. The van der Waals surface area contributed by atoms with Crippen LogP contribution in [0.25, 0.3) is 0 Å². The summed E-state index contributed by atoms with van der Waals surface area (Å²) in [6.45, 7) is 7.16. The van der Waals surface area contributed by atoms with Crippen molar-refractivity contribution in [2.24, 2.45) is 13.0 Å². The highest BCUT2D eigenvalue weighted by molar-refractivity contribution is 5.02. The van der Waals surface area contributed by atoms with Gasteiger partial charge in [-0.2, -0.15) is 5.10 Å². The molecule has 1 atom stereocenters. The van der Waals surface area contributed by atoms with Crippen LogP contribution in [-0.4, -0.2) is 25.9 Å². The fourth-order valence-corrected chi connectivity index (χ4v) is 2.02. The summed E-state index contributed by atoms with van der Waals surface area (Å²) < 4.78 is 4.02. The summed E-state index contributed by atoms with van der Waals surface area (Å²) in [6.07, 6.45) is 7.83. The average molecular weight is 247 g/mol. The summed E-state index contributed by atoms with van der Waals surface area (Å²) in [5.74, 6) is 1.66. The monoisotopic (exact) mass is 247 g/mol. The van der Waals surface area contributed by atoms with Crippen molar-refractivity contribution >= 4 is 0 Å². The van der Waals surface area contributed by atoms with Crippen molar-refractivity contribution in [3.63, 3.8) is 0 Å². The van der Waals surface area contributed by atoms with Crippen LogP contribution in [0.15, 0.2) is 24.8 Å². The molecule has 5 heteroatoms. The zero-order chi connectivity index (χ0) is 13.0. The SMILES string of the molecule is Cc1nccn1CC(C)CNCc1cnn(C)c1. The van der Waals surface area contributed by atoms with Crippen LogP contribution in [0.4, 0.5) is 0 Å². The predicted octanol–water partition coefficient (Wildman–Crippen LogP) is 1.35. The minimum absolute atomic E-state index is 0.578. The molecule has 0 fully saturated rings. The Balaban J connectivity index is 1.72. The number of hydrogen-bond acceptors (Lipinski definition) is 3. The molecule has 5 nitrogen and oxygen atoms in total. The van der Waals surface area contributed by atoms with Gasteiger partial charge >= 0.3 is 0 Å². The van der Waals surface area contributed by atoms with Gasteiger partial charge in [-0.15, -0.1) is 0 Å². The fourth-order valence-electron chi connectivity index (χ4n) is 2.02. The molecule has 18 heavy (non-hydrogen) atoms. The molecule has 0 saturated carbocycles. The quantitative estimate of drug-likeness (QED) is 0.838. The Morgan fingerprint density at radius 2 is 2.28 bits per heavy atom. The van der Waals surface area contributed by atoms with Gasteiger partial charge in [-0.25, -0.2) is 4.98 Å². The average Bonchev–Trinajstić information content (AvgIpc) is 2.89. The summed E-state index contributed by atoms with van der Waals surface area (Å²) in [5, 5.41) is 7.61. The zero-order valence-electron chi connectivity index (χ0n) is 11.3.